The molecule has 2 heteroatoms. The molecule has 3 aromatic rings. The van der Waals surface area contributed by atoms with E-state index < -0.39 is 0 Å². The fourth-order valence-corrected chi connectivity index (χ4v) is 2.24. The highest BCUT2D eigenvalue weighted by atomic mass is 14.8. The van der Waals surface area contributed by atoms with Gasteiger partial charge in [-0.05, 0) is 29.2 Å². The van der Waals surface area contributed by atoms with Crippen LogP contribution in [0.3, 0.4) is 0 Å². The van der Waals surface area contributed by atoms with Crippen LogP contribution in [0, 0.1) is 0 Å². The summed E-state index contributed by atoms with van der Waals surface area (Å²) < 4.78 is 0. The normalized spacial score (nSPS) is 11.3. The first kappa shape index (κ1) is 11.0. The van der Waals surface area contributed by atoms with E-state index in [1.807, 2.05) is 18.5 Å². The van der Waals surface area contributed by atoms with Crippen LogP contribution in [0.15, 0.2) is 48.8 Å². The van der Waals surface area contributed by atoms with Crippen molar-refractivity contribution < 1.29 is 0 Å². The van der Waals surface area contributed by atoms with Gasteiger partial charge in [-0.15, -0.1) is 0 Å². The van der Waals surface area contributed by atoms with E-state index in [-0.39, 0.29) is 0 Å². The smallest absolute Gasteiger partial charge is 0.137 e. The largest absolute Gasteiger partial charge is 0.346 e. The van der Waals surface area contributed by atoms with Crippen molar-refractivity contribution in [3.63, 3.8) is 0 Å². The van der Waals surface area contributed by atoms with Crippen molar-refractivity contribution in [2.24, 2.45) is 0 Å². The van der Waals surface area contributed by atoms with Crippen molar-refractivity contribution in [2.45, 2.75) is 19.8 Å². The Balaban J connectivity index is 2.09. The van der Waals surface area contributed by atoms with E-state index in [4.69, 9.17) is 0 Å². The molecule has 1 aromatic carbocycles. The quantitative estimate of drug-likeness (QED) is 0.704. The average molecular weight is 236 g/mol. The molecule has 2 heterocycles. The van der Waals surface area contributed by atoms with Gasteiger partial charge >= 0.3 is 0 Å². The molecule has 0 saturated heterocycles. The number of H-pyrrole nitrogens is 1. The Morgan fingerprint density at radius 2 is 1.83 bits per heavy atom. The van der Waals surface area contributed by atoms with E-state index in [9.17, 15) is 0 Å². The third-order valence-corrected chi connectivity index (χ3v) is 3.34. The molecule has 90 valence electrons. The highest BCUT2D eigenvalue weighted by Crippen LogP contribution is 2.28. The molecule has 0 aliphatic carbocycles. The van der Waals surface area contributed by atoms with Gasteiger partial charge in [0, 0.05) is 23.3 Å². The highest BCUT2D eigenvalue weighted by molar-refractivity contribution is 5.93. The van der Waals surface area contributed by atoms with Crippen LogP contribution in [0.1, 0.15) is 25.3 Å². The van der Waals surface area contributed by atoms with Crippen molar-refractivity contribution in [1.29, 1.82) is 0 Å². The van der Waals surface area contributed by atoms with Gasteiger partial charge in [-0.1, -0.05) is 38.1 Å². The Morgan fingerprint density at radius 1 is 1.06 bits per heavy atom. The van der Waals surface area contributed by atoms with E-state index >= 15 is 0 Å². The molecule has 2 aromatic heterocycles. The minimum Gasteiger partial charge on any atom is -0.346 e. The maximum Gasteiger partial charge on any atom is 0.137 e. The highest BCUT2D eigenvalue weighted by Gasteiger charge is 2.06. The van der Waals surface area contributed by atoms with Crippen LogP contribution < -0.4 is 0 Å². The van der Waals surface area contributed by atoms with Gasteiger partial charge < -0.3 is 4.98 Å². The summed E-state index contributed by atoms with van der Waals surface area (Å²) in [7, 11) is 0. The summed E-state index contributed by atoms with van der Waals surface area (Å²) >= 11 is 0. The van der Waals surface area contributed by atoms with Gasteiger partial charge in [0.1, 0.15) is 5.65 Å². The third-order valence-electron chi connectivity index (χ3n) is 3.34. The Hall–Kier alpha value is -2.09. The molecule has 1 N–H and O–H groups in total. The number of nitrogens with zero attached hydrogens (tertiary/aromatic N) is 1. The van der Waals surface area contributed by atoms with E-state index in [2.05, 4.69) is 54.1 Å². The van der Waals surface area contributed by atoms with E-state index in [1.165, 1.54) is 22.1 Å². The van der Waals surface area contributed by atoms with Crippen LogP contribution >= 0.6 is 0 Å². The standard InChI is InChI=1S/C16H16N2/c1-11(2)12-5-7-13(8-6-12)15-10-18-16-14(15)4-3-9-17-16/h3-11H,1-2H3,(H,17,18). The van der Waals surface area contributed by atoms with E-state index in [0.29, 0.717) is 5.92 Å². The molecule has 18 heavy (non-hydrogen) atoms. The SMILES string of the molecule is CC(C)c1ccc(-c2c[nH]c3ncccc23)cc1. The van der Waals surface area contributed by atoms with Crippen molar-refractivity contribution in [2.75, 3.05) is 0 Å². The van der Waals surface area contributed by atoms with E-state index in [1.54, 1.807) is 0 Å². The number of benzene rings is 1. The molecule has 0 unspecified atom stereocenters. The third kappa shape index (κ3) is 1.80. The predicted octanol–water partition coefficient (Wildman–Crippen LogP) is 4.35. The molecular weight excluding hydrogens is 220 g/mol. The fourth-order valence-electron chi connectivity index (χ4n) is 2.24. The number of nitrogens with one attached hydrogen (secondary N) is 1. The summed E-state index contributed by atoms with van der Waals surface area (Å²) in [6, 6.07) is 12.9. The summed E-state index contributed by atoms with van der Waals surface area (Å²) in [5, 5.41) is 1.18. The molecule has 0 atom stereocenters. The maximum atomic E-state index is 4.32. The van der Waals surface area contributed by atoms with Crippen LogP contribution in [-0.2, 0) is 0 Å². The van der Waals surface area contributed by atoms with Crippen LogP contribution in [0.4, 0.5) is 0 Å². The minimum absolute atomic E-state index is 0.573. The maximum absolute atomic E-state index is 4.32. The van der Waals surface area contributed by atoms with Gasteiger partial charge in [-0.3, -0.25) is 0 Å². The van der Waals surface area contributed by atoms with E-state index in [0.717, 1.165) is 5.65 Å². The van der Waals surface area contributed by atoms with Crippen molar-refractivity contribution >= 4 is 11.0 Å². The number of hydrogen-bond donors (Lipinski definition) is 1. The molecule has 0 aliphatic rings. The lowest BCUT2D eigenvalue weighted by atomic mass is 9.99. The topological polar surface area (TPSA) is 28.7 Å². The van der Waals surface area contributed by atoms with Gasteiger partial charge in [0.15, 0.2) is 0 Å². The van der Waals surface area contributed by atoms with Crippen LogP contribution in [-0.4, -0.2) is 9.97 Å². The number of fused-ring (bicyclic) bond motifs is 1. The Kier molecular flexibility index (Phi) is 2.63. The Bertz CT molecular complexity index is 663. The molecule has 2 nitrogen and oxygen atoms in total. The van der Waals surface area contributed by atoms with Crippen LogP contribution in [0.25, 0.3) is 22.2 Å². The summed E-state index contributed by atoms with van der Waals surface area (Å²) in [5.41, 5.74) is 4.77. The van der Waals surface area contributed by atoms with Crippen molar-refractivity contribution in [3.05, 3.63) is 54.4 Å². The molecule has 0 bridgehead atoms. The van der Waals surface area contributed by atoms with Crippen molar-refractivity contribution in [1.82, 2.24) is 9.97 Å². The first-order chi connectivity index (χ1) is 8.75. The second-order valence-corrected chi connectivity index (χ2v) is 4.88. The molecule has 3 rings (SSSR count). The number of pyridine rings is 1. The van der Waals surface area contributed by atoms with Crippen molar-refractivity contribution in [3.8, 4) is 11.1 Å². The minimum atomic E-state index is 0.573. The first-order valence-corrected chi connectivity index (χ1v) is 6.28. The summed E-state index contributed by atoms with van der Waals surface area (Å²) in [5.74, 6) is 0.573. The van der Waals surface area contributed by atoms with Crippen LogP contribution in [0.2, 0.25) is 0 Å². The lowest BCUT2D eigenvalue weighted by Gasteiger charge is -2.06. The zero-order valence-corrected chi connectivity index (χ0v) is 10.6. The molecule has 0 fully saturated rings. The van der Waals surface area contributed by atoms with Gasteiger partial charge in [0.2, 0.25) is 0 Å². The molecule has 0 radical (unpaired) electrons. The second-order valence-electron chi connectivity index (χ2n) is 4.88. The number of aromatic nitrogens is 2. The number of hydrogen-bond acceptors (Lipinski definition) is 1. The predicted molar refractivity (Wildman–Crippen MR) is 75.6 cm³/mol. The average Bonchev–Trinajstić information content (AvgIpc) is 2.82. The summed E-state index contributed by atoms with van der Waals surface area (Å²) in [6.07, 6.45) is 3.84. The zero-order chi connectivity index (χ0) is 12.5. The molecule has 0 saturated carbocycles. The molecular formula is C16H16N2. The Labute approximate surface area is 107 Å². The van der Waals surface area contributed by atoms with Gasteiger partial charge in [-0.2, -0.15) is 0 Å². The lowest BCUT2D eigenvalue weighted by molar-refractivity contribution is 0.867. The molecule has 0 spiro atoms. The van der Waals surface area contributed by atoms with Gasteiger partial charge in [0.25, 0.3) is 0 Å². The second kappa shape index (κ2) is 4.30. The number of aromatic amines is 1. The lowest BCUT2D eigenvalue weighted by Crippen LogP contribution is -1.86. The first-order valence-electron chi connectivity index (χ1n) is 6.28. The molecule has 0 amide bonds. The van der Waals surface area contributed by atoms with Gasteiger partial charge in [0.05, 0.1) is 0 Å². The van der Waals surface area contributed by atoms with Gasteiger partial charge in [-0.25, -0.2) is 4.98 Å². The van der Waals surface area contributed by atoms with Crippen LogP contribution in [0.5, 0.6) is 0 Å². The summed E-state index contributed by atoms with van der Waals surface area (Å²) in [6.45, 7) is 4.43. The molecule has 0 aliphatic heterocycles. The monoisotopic (exact) mass is 236 g/mol. The summed E-state index contributed by atoms with van der Waals surface area (Å²) in [4.78, 5) is 7.53. The number of rotatable bonds is 2. The Morgan fingerprint density at radius 3 is 2.56 bits per heavy atom. The zero-order valence-electron chi connectivity index (χ0n) is 10.6. The fraction of sp³-hybridized carbons (Fsp3) is 0.188.